The molecule has 0 fully saturated rings. The van der Waals surface area contributed by atoms with Gasteiger partial charge in [0.15, 0.2) is 0 Å². The van der Waals surface area contributed by atoms with Gasteiger partial charge in [-0.05, 0) is 19.1 Å². The number of amides is 2. The third kappa shape index (κ3) is 3.72. The highest BCUT2D eigenvalue weighted by Crippen LogP contribution is 2.20. The first kappa shape index (κ1) is 13.4. The number of benzene rings is 1. The Balaban J connectivity index is 1.86. The maximum atomic E-state index is 11.7. The lowest BCUT2D eigenvalue weighted by atomic mass is 10.3. The van der Waals surface area contributed by atoms with Gasteiger partial charge in [-0.1, -0.05) is 23.7 Å². The molecule has 0 bridgehead atoms. The lowest BCUT2D eigenvalue weighted by molar-refractivity contribution is 0.251. The van der Waals surface area contributed by atoms with Gasteiger partial charge in [0.1, 0.15) is 0 Å². The van der Waals surface area contributed by atoms with Crippen molar-refractivity contribution in [2.24, 2.45) is 0 Å². The number of halogens is 1. The van der Waals surface area contributed by atoms with Crippen LogP contribution in [0.1, 0.15) is 12.5 Å². The lowest BCUT2D eigenvalue weighted by Crippen LogP contribution is -2.28. The van der Waals surface area contributed by atoms with E-state index in [0.717, 1.165) is 12.1 Å². The van der Waals surface area contributed by atoms with E-state index in [9.17, 15) is 4.79 Å². The summed E-state index contributed by atoms with van der Waals surface area (Å²) >= 11 is 5.95. The third-order valence-corrected chi connectivity index (χ3v) is 2.92. The molecule has 0 aliphatic rings. The van der Waals surface area contributed by atoms with Gasteiger partial charge in [0.05, 0.1) is 16.9 Å². The highest BCUT2D eigenvalue weighted by atomic mass is 35.5. The average Bonchev–Trinajstić information content (AvgIpc) is 2.87. The van der Waals surface area contributed by atoms with E-state index in [2.05, 4.69) is 15.7 Å². The van der Waals surface area contributed by atoms with Crippen molar-refractivity contribution < 1.29 is 4.79 Å². The zero-order chi connectivity index (χ0) is 13.7. The molecular formula is C13H15ClN4O. The number of aryl methyl sites for hydroxylation is 1. The molecule has 0 atom stereocenters. The highest BCUT2D eigenvalue weighted by Gasteiger charge is 2.05. The fourth-order valence-corrected chi connectivity index (χ4v) is 1.77. The second-order valence-electron chi connectivity index (χ2n) is 3.99. The van der Waals surface area contributed by atoms with E-state index < -0.39 is 0 Å². The average molecular weight is 279 g/mol. The summed E-state index contributed by atoms with van der Waals surface area (Å²) in [7, 11) is 0. The van der Waals surface area contributed by atoms with E-state index in [4.69, 9.17) is 11.6 Å². The van der Waals surface area contributed by atoms with Gasteiger partial charge < -0.3 is 10.6 Å². The molecule has 0 aliphatic carbocycles. The van der Waals surface area contributed by atoms with Crippen LogP contribution in [-0.2, 0) is 13.1 Å². The molecule has 5 nitrogen and oxygen atoms in total. The summed E-state index contributed by atoms with van der Waals surface area (Å²) in [5.41, 5.74) is 1.54. The summed E-state index contributed by atoms with van der Waals surface area (Å²) in [6.45, 7) is 3.25. The molecule has 0 saturated heterocycles. The topological polar surface area (TPSA) is 59.0 Å². The van der Waals surface area contributed by atoms with Crippen LogP contribution in [-0.4, -0.2) is 15.8 Å². The van der Waals surface area contributed by atoms with Gasteiger partial charge in [0, 0.05) is 24.8 Å². The standard InChI is InChI=1S/C13H15ClN4O/c1-2-18-9-10(8-16-18)7-15-13(19)17-12-6-4-3-5-11(12)14/h3-6,8-9H,2,7H2,1H3,(H2,15,17,19). The maximum Gasteiger partial charge on any atom is 0.319 e. The minimum atomic E-state index is -0.294. The van der Waals surface area contributed by atoms with Crippen molar-refractivity contribution in [2.45, 2.75) is 20.0 Å². The number of carbonyl (C=O) groups excluding carboxylic acids is 1. The maximum absolute atomic E-state index is 11.7. The second-order valence-corrected chi connectivity index (χ2v) is 4.40. The van der Waals surface area contributed by atoms with Crippen molar-refractivity contribution in [3.63, 3.8) is 0 Å². The molecule has 6 heteroatoms. The normalized spacial score (nSPS) is 10.2. The first-order valence-corrected chi connectivity index (χ1v) is 6.37. The van der Waals surface area contributed by atoms with Crippen molar-refractivity contribution >= 4 is 23.3 Å². The Kier molecular flexibility index (Phi) is 4.41. The molecule has 2 rings (SSSR count). The minimum absolute atomic E-state index is 0.294. The van der Waals surface area contributed by atoms with Crippen LogP contribution in [0.3, 0.4) is 0 Å². The molecule has 2 amide bonds. The number of nitrogens with zero attached hydrogens (tertiary/aromatic N) is 2. The van der Waals surface area contributed by atoms with Gasteiger partial charge >= 0.3 is 6.03 Å². The molecule has 2 N–H and O–H groups in total. The van der Waals surface area contributed by atoms with Crippen LogP contribution in [0.5, 0.6) is 0 Å². The van der Waals surface area contributed by atoms with Crippen molar-refractivity contribution in [2.75, 3.05) is 5.32 Å². The van der Waals surface area contributed by atoms with Gasteiger partial charge in [0.2, 0.25) is 0 Å². The summed E-state index contributed by atoms with van der Waals surface area (Å²) < 4.78 is 1.81. The summed E-state index contributed by atoms with van der Waals surface area (Å²) in [5, 5.41) is 10.1. The summed E-state index contributed by atoms with van der Waals surface area (Å²) in [6, 6.07) is 6.80. The highest BCUT2D eigenvalue weighted by molar-refractivity contribution is 6.33. The van der Waals surface area contributed by atoms with E-state index in [0.29, 0.717) is 17.3 Å². The fourth-order valence-electron chi connectivity index (χ4n) is 1.58. The summed E-state index contributed by atoms with van der Waals surface area (Å²) in [6.07, 6.45) is 3.63. The second kappa shape index (κ2) is 6.24. The number of aromatic nitrogens is 2. The number of nitrogens with one attached hydrogen (secondary N) is 2. The smallest absolute Gasteiger partial charge is 0.319 e. The molecule has 2 aromatic rings. The predicted octanol–water partition coefficient (Wildman–Crippen LogP) is 2.88. The molecule has 0 radical (unpaired) electrons. The van der Waals surface area contributed by atoms with Crippen LogP contribution < -0.4 is 10.6 Å². The Morgan fingerprint density at radius 3 is 2.89 bits per heavy atom. The summed E-state index contributed by atoms with van der Waals surface area (Å²) in [5.74, 6) is 0. The van der Waals surface area contributed by atoms with Gasteiger partial charge in [-0.25, -0.2) is 4.79 Å². The molecule has 0 saturated carbocycles. The van der Waals surface area contributed by atoms with E-state index in [1.54, 1.807) is 18.3 Å². The number of rotatable bonds is 4. The molecule has 0 spiro atoms. The Hall–Kier alpha value is -2.01. The van der Waals surface area contributed by atoms with Gasteiger partial charge in [0.25, 0.3) is 0 Å². The minimum Gasteiger partial charge on any atom is -0.334 e. The van der Waals surface area contributed by atoms with Crippen LogP contribution in [0, 0.1) is 0 Å². The van der Waals surface area contributed by atoms with Gasteiger partial charge in [-0.3, -0.25) is 4.68 Å². The van der Waals surface area contributed by atoms with Crippen molar-refractivity contribution in [3.8, 4) is 0 Å². The molecule has 0 aliphatic heterocycles. The van der Waals surface area contributed by atoms with E-state index in [-0.39, 0.29) is 6.03 Å². The summed E-state index contributed by atoms with van der Waals surface area (Å²) in [4.78, 5) is 11.7. The van der Waals surface area contributed by atoms with Crippen molar-refractivity contribution in [3.05, 3.63) is 47.2 Å². The van der Waals surface area contributed by atoms with E-state index in [1.807, 2.05) is 29.9 Å². The Morgan fingerprint density at radius 1 is 1.42 bits per heavy atom. The number of hydrogen-bond donors (Lipinski definition) is 2. The van der Waals surface area contributed by atoms with Crippen molar-refractivity contribution in [1.29, 1.82) is 0 Å². The quantitative estimate of drug-likeness (QED) is 0.903. The zero-order valence-corrected chi connectivity index (χ0v) is 11.3. The Morgan fingerprint density at radius 2 is 2.21 bits per heavy atom. The fraction of sp³-hybridized carbons (Fsp3) is 0.231. The predicted molar refractivity (Wildman–Crippen MR) is 75.2 cm³/mol. The first-order chi connectivity index (χ1) is 9.19. The number of carbonyl (C=O) groups is 1. The molecule has 1 heterocycles. The van der Waals surface area contributed by atoms with E-state index >= 15 is 0 Å². The molecular weight excluding hydrogens is 264 g/mol. The van der Waals surface area contributed by atoms with Gasteiger partial charge in [-0.2, -0.15) is 5.10 Å². The van der Waals surface area contributed by atoms with Crippen LogP contribution >= 0.6 is 11.6 Å². The third-order valence-electron chi connectivity index (χ3n) is 2.59. The first-order valence-electron chi connectivity index (χ1n) is 5.99. The van der Waals surface area contributed by atoms with Crippen LogP contribution in [0.2, 0.25) is 5.02 Å². The Bertz CT molecular complexity index is 567. The molecule has 100 valence electrons. The molecule has 1 aromatic heterocycles. The molecule has 0 unspecified atom stereocenters. The van der Waals surface area contributed by atoms with Gasteiger partial charge in [-0.15, -0.1) is 0 Å². The van der Waals surface area contributed by atoms with Crippen LogP contribution in [0.15, 0.2) is 36.7 Å². The zero-order valence-electron chi connectivity index (χ0n) is 10.6. The van der Waals surface area contributed by atoms with Crippen molar-refractivity contribution in [1.82, 2.24) is 15.1 Å². The lowest BCUT2D eigenvalue weighted by Gasteiger charge is -2.07. The van der Waals surface area contributed by atoms with Crippen LogP contribution in [0.25, 0.3) is 0 Å². The Labute approximate surface area is 116 Å². The SMILES string of the molecule is CCn1cc(CNC(=O)Nc2ccccc2Cl)cn1. The number of para-hydroxylation sites is 1. The molecule has 1 aromatic carbocycles. The van der Waals surface area contributed by atoms with E-state index in [1.165, 1.54) is 0 Å². The monoisotopic (exact) mass is 278 g/mol. The number of urea groups is 1. The number of anilines is 1. The largest absolute Gasteiger partial charge is 0.334 e. The number of hydrogen-bond acceptors (Lipinski definition) is 2. The van der Waals surface area contributed by atoms with Crippen LogP contribution in [0.4, 0.5) is 10.5 Å². The molecule has 19 heavy (non-hydrogen) atoms.